The number of guanidine groups is 1. The van der Waals surface area contributed by atoms with E-state index in [-0.39, 0.29) is 0 Å². The SMILES string of the molecule is CN=C(NCCOc1cccnc1)N1CCC(CC(C)C)C1. The summed E-state index contributed by atoms with van der Waals surface area (Å²) in [5.74, 6) is 3.36. The number of nitrogens with zero attached hydrogens (tertiary/aromatic N) is 3. The fourth-order valence-corrected chi connectivity index (χ4v) is 2.98. The van der Waals surface area contributed by atoms with Crippen LogP contribution in [-0.4, -0.2) is 49.1 Å². The zero-order valence-electron chi connectivity index (χ0n) is 14.0. The van der Waals surface area contributed by atoms with E-state index >= 15 is 0 Å². The van der Waals surface area contributed by atoms with E-state index in [1.165, 1.54) is 12.8 Å². The van der Waals surface area contributed by atoms with E-state index in [1.807, 2.05) is 19.2 Å². The average Bonchev–Trinajstić information content (AvgIpc) is 2.96. The largest absolute Gasteiger partial charge is 0.490 e. The van der Waals surface area contributed by atoms with Gasteiger partial charge in [0.1, 0.15) is 12.4 Å². The molecule has 1 atom stereocenters. The van der Waals surface area contributed by atoms with Gasteiger partial charge in [-0.3, -0.25) is 9.98 Å². The van der Waals surface area contributed by atoms with Crippen LogP contribution in [0.1, 0.15) is 26.7 Å². The first-order valence-electron chi connectivity index (χ1n) is 8.17. The lowest BCUT2D eigenvalue weighted by Gasteiger charge is -2.22. The Hall–Kier alpha value is -1.78. The molecule has 2 rings (SSSR count). The third-order valence-corrected chi connectivity index (χ3v) is 3.89. The Bertz CT molecular complexity index is 461. The molecular weight excluding hydrogens is 276 g/mol. The predicted molar refractivity (Wildman–Crippen MR) is 90.2 cm³/mol. The van der Waals surface area contributed by atoms with Gasteiger partial charge in [0.2, 0.25) is 0 Å². The van der Waals surface area contributed by atoms with Crippen LogP contribution < -0.4 is 10.1 Å². The molecular formula is C17H28N4O. The third-order valence-electron chi connectivity index (χ3n) is 3.89. The molecule has 0 aliphatic carbocycles. The third kappa shape index (κ3) is 5.20. The van der Waals surface area contributed by atoms with Crippen LogP contribution in [-0.2, 0) is 0 Å². The first kappa shape index (κ1) is 16.6. The van der Waals surface area contributed by atoms with Gasteiger partial charge >= 0.3 is 0 Å². The molecule has 0 saturated carbocycles. The van der Waals surface area contributed by atoms with E-state index in [9.17, 15) is 0 Å². The standard InChI is InChI=1S/C17H28N4O/c1-14(2)11-15-6-9-21(13-15)17(18-3)20-8-10-22-16-5-4-7-19-12-16/h4-5,7,12,14-15H,6,8-11,13H2,1-3H3,(H,18,20). The number of pyridine rings is 1. The molecule has 1 N–H and O–H groups in total. The first-order valence-corrected chi connectivity index (χ1v) is 8.17. The van der Waals surface area contributed by atoms with Gasteiger partial charge in [0.25, 0.3) is 0 Å². The van der Waals surface area contributed by atoms with Crippen LogP contribution >= 0.6 is 0 Å². The summed E-state index contributed by atoms with van der Waals surface area (Å²) in [6, 6.07) is 3.79. The lowest BCUT2D eigenvalue weighted by atomic mass is 9.97. The normalized spacial score (nSPS) is 18.8. The number of ether oxygens (including phenoxy) is 1. The van der Waals surface area contributed by atoms with Gasteiger partial charge in [0, 0.05) is 26.3 Å². The van der Waals surface area contributed by atoms with Gasteiger partial charge in [0.05, 0.1) is 12.7 Å². The maximum absolute atomic E-state index is 5.64. The number of rotatable bonds is 6. The van der Waals surface area contributed by atoms with Crippen molar-refractivity contribution in [2.75, 3.05) is 33.3 Å². The molecule has 22 heavy (non-hydrogen) atoms. The van der Waals surface area contributed by atoms with E-state index in [2.05, 4.69) is 34.0 Å². The molecule has 1 aliphatic heterocycles. The Morgan fingerprint density at radius 2 is 2.41 bits per heavy atom. The highest BCUT2D eigenvalue weighted by atomic mass is 16.5. The number of aromatic nitrogens is 1. The van der Waals surface area contributed by atoms with E-state index in [0.717, 1.165) is 43.2 Å². The Kier molecular flexibility index (Phi) is 6.49. The Morgan fingerprint density at radius 3 is 3.09 bits per heavy atom. The second-order valence-corrected chi connectivity index (χ2v) is 6.24. The maximum atomic E-state index is 5.64. The lowest BCUT2D eigenvalue weighted by Crippen LogP contribution is -2.41. The maximum Gasteiger partial charge on any atom is 0.193 e. The summed E-state index contributed by atoms with van der Waals surface area (Å²) in [4.78, 5) is 10.8. The zero-order valence-corrected chi connectivity index (χ0v) is 14.0. The second kappa shape index (κ2) is 8.61. The fourth-order valence-electron chi connectivity index (χ4n) is 2.98. The van der Waals surface area contributed by atoms with E-state index < -0.39 is 0 Å². The van der Waals surface area contributed by atoms with Crippen molar-refractivity contribution in [1.29, 1.82) is 0 Å². The second-order valence-electron chi connectivity index (χ2n) is 6.24. The monoisotopic (exact) mass is 304 g/mol. The van der Waals surface area contributed by atoms with Crippen molar-refractivity contribution in [2.24, 2.45) is 16.8 Å². The molecule has 5 nitrogen and oxygen atoms in total. The van der Waals surface area contributed by atoms with Crippen molar-refractivity contribution in [3.8, 4) is 5.75 Å². The molecule has 0 spiro atoms. The smallest absolute Gasteiger partial charge is 0.193 e. The van der Waals surface area contributed by atoms with Crippen molar-refractivity contribution in [3.63, 3.8) is 0 Å². The summed E-state index contributed by atoms with van der Waals surface area (Å²) in [6.07, 6.45) is 6.04. The van der Waals surface area contributed by atoms with E-state index in [1.54, 1.807) is 12.4 Å². The summed E-state index contributed by atoms with van der Waals surface area (Å²) in [6.45, 7) is 8.15. The summed E-state index contributed by atoms with van der Waals surface area (Å²) in [7, 11) is 1.85. The van der Waals surface area contributed by atoms with Crippen molar-refractivity contribution < 1.29 is 4.74 Å². The Morgan fingerprint density at radius 1 is 1.55 bits per heavy atom. The van der Waals surface area contributed by atoms with Crippen LogP contribution in [0.4, 0.5) is 0 Å². The van der Waals surface area contributed by atoms with Crippen LogP contribution in [0.15, 0.2) is 29.5 Å². The molecule has 0 bridgehead atoms. The number of hydrogen-bond donors (Lipinski definition) is 1. The molecule has 1 unspecified atom stereocenters. The van der Waals surface area contributed by atoms with Crippen molar-refractivity contribution in [3.05, 3.63) is 24.5 Å². The topological polar surface area (TPSA) is 49.8 Å². The van der Waals surface area contributed by atoms with E-state index in [4.69, 9.17) is 4.74 Å². The molecule has 1 aromatic heterocycles. The Balaban J connectivity index is 1.69. The molecule has 122 valence electrons. The van der Waals surface area contributed by atoms with Crippen LogP contribution in [0, 0.1) is 11.8 Å². The molecule has 0 aromatic carbocycles. The van der Waals surface area contributed by atoms with Gasteiger partial charge in [-0.05, 0) is 36.8 Å². The number of likely N-dealkylation sites (tertiary alicyclic amines) is 1. The minimum atomic E-state index is 0.605. The highest BCUT2D eigenvalue weighted by molar-refractivity contribution is 5.80. The van der Waals surface area contributed by atoms with Crippen LogP contribution in [0.5, 0.6) is 5.75 Å². The van der Waals surface area contributed by atoms with Gasteiger partial charge in [-0.2, -0.15) is 0 Å². The van der Waals surface area contributed by atoms with Crippen molar-refractivity contribution >= 4 is 5.96 Å². The average molecular weight is 304 g/mol. The predicted octanol–water partition coefficient (Wildman–Crippen LogP) is 2.40. The summed E-state index contributed by atoms with van der Waals surface area (Å²) in [5, 5.41) is 3.39. The van der Waals surface area contributed by atoms with Gasteiger partial charge in [-0.25, -0.2) is 0 Å². The zero-order chi connectivity index (χ0) is 15.8. The minimum Gasteiger partial charge on any atom is -0.490 e. The minimum absolute atomic E-state index is 0.605. The summed E-state index contributed by atoms with van der Waals surface area (Å²) < 4.78 is 5.64. The van der Waals surface area contributed by atoms with Gasteiger partial charge in [0.15, 0.2) is 5.96 Å². The molecule has 5 heteroatoms. The van der Waals surface area contributed by atoms with Crippen molar-refractivity contribution in [2.45, 2.75) is 26.7 Å². The van der Waals surface area contributed by atoms with Crippen molar-refractivity contribution in [1.82, 2.24) is 15.2 Å². The summed E-state index contributed by atoms with van der Waals surface area (Å²) >= 11 is 0. The Labute approximate surface area is 133 Å². The lowest BCUT2D eigenvalue weighted by molar-refractivity contribution is 0.317. The molecule has 1 saturated heterocycles. The molecule has 2 heterocycles. The highest BCUT2D eigenvalue weighted by Gasteiger charge is 2.25. The molecule has 0 amide bonds. The van der Waals surface area contributed by atoms with Gasteiger partial charge < -0.3 is 15.0 Å². The first-order chi connectivity index (χ1) is 10.7. The van der Waals surface area contributed by atoms with Gasteiger partial charge in [-0.1, -0.05) is 13.8 Å². The van der Waals surface area contributed by atoms with E-state index in [0.29, 0.717) is 6.61 Å². The molecule has 1 fully saturated rings. The highest BCUT2D eigenvalue weighted by Crippen LogP contribution is 2.23. The number of nitrogens with one attached hydrogen (secondary N) is 1. The van der Waals surface area contributed by atoms with Crippen LogP contribution in [0.3, 0.4) is 0 Å². The van der Waals surface area contributed by atoms with Crippen LogP contribution in [0.25, 0.3) is 0 Å². The van der Waals surface area contributed by atoms with Gasteiger partial charge in [-0.15, -0.1) is 0 Å². The molecule has 1 aromatic rings. The van der Waals surface area contributed by atoms with Crippen LogP contribution in [0.2, 0.25) is 0 Å². The molecule has 1 aliphatic rings. The molecule has 0 radical (unpaired) electrons. The fraction of sp³-hybridized carbons (Fsp3) is 0.647. The number of hydrogen-bond acceptors (Lipinski definition) is 3. The number of aliphatic imine (C=N–C) groups is 1. The quantitative estimate of drug-likeness (QED) is 0.498. The summed E-state index contributed by atoms with van der Waals surface area (Å²) in [5.41, 5.74) is 0.